The molecule has 1 aliphatic rings. The largest absolute Gasteiger partial charge is 0.481 e. The monoisotopic (exact) mass is 502 g/mol. The predicted molar refractivity (Wildman–Crippen MR) is 136 cm³/mol. The maximum absolute atomic E-state index is 12.0. The normalized spacial score (nSPS) is 25.3. The van der Waals surface area contributed by atoms with Gasteiger partial charge in [-0.2, -0.15) is 0 Å². The third kappa shape index (κ3) is 17.2. The highest BCUT2D eigenvalue weighted by Gasteiger charge is 2.12. The van der Waals surface area contributed by atoms with E-state index >= 15 is 0 Å². The zero-order chi connectivity index (χ0) is 26.6. The van der Waals surface area contributed by atoms with Crippen LogP contribution in [-0.2, 0) is 28.7 Å². The number of rotatable bonds is 4. The molecule has 0 amide bonds. The Morgan fingerprint density at radius 2 is 1.72 bits per heavy atom. The van der Waals surface area contributed by atoms with E-state index in [0.717, 1.165) is 19.3 Å². The molecule has 0 saturated carbocycles. The van der Waals surface area contributed by atoms with Crippen molar-refractivity contribution in [2.75, 3.05) is 0 Å². The Bertz CT molecular complexity index is 850. The van der Waals surface area contributed by atoms with Crippen LogP contribution in [0, 0.1) is 0 Å². The summed E-state index contributed by atoms with van der Waals surface area (Å²) in [6.45, 7) is 1.84. The van der Waals surface area contributed by atoms with Gasteiger partial charge >= 0.3 is 17.9 Å². The first-order chi connectivity index (χ1) is 17.3. The van der Waals surface area contributed by atoms with Crippen molar-refractivity contribution in [3.05, 3.63) is 60.8 Å². The number of aliphatic carboxylic acids is 1. The van der Waals surface area contributed by atoms with Gasteiger partial charge in [0.05, 0.1) is 25.0 Å². The van der Waals surface area contributed by atoms with Gasteiger partial charge in [0.1, 0.15) is 11.9 Å². The van der Waals surface area contributed by atoms with Gasteiger partial charge in [-0.3, -0.25) is 14.4 Å². The van der Waals surface area contributed by atoms with Crippen molar-refractivity contribution in [3.63, 3.8) is 0 Å². The molecule has 8 nitrogen and oxygen atoms in total. The van der Waals surface area contributed by atoms with Gasteiger partial charge in [0.2, 0.25) is 0 Å². The summed E-state index contributed by atoms with van der Waals surface area (Å²) >= 11 is 0. The smallest absolute Gasteiger partial charge is 0.331 e. The van der Waals surface area contributed by atoms with Crippen molar-refractivity contribution in [1.82, 2.24) is 0 Å². The van der Waals surface area contributed by atoms with E-state index in [4.69, 9.17) is 14.6 Å². The second-order valence-corrected chi connectivity index (χ2v) is 8.58. The molecule has 0 aromatic heterocycles. The molecule has 0 aromatic rings. The minimum atomic E-state index is -1.08. The van der Waals surface area contributed by atoms with Crippen LogP contribution in [0.4, 0.5) is 0 Å². The summed E-state index contributed by atoms with van der Waals surface area (Å²) in [6, 6.07) is 0. The Hall–Kier alpha value is -3.26. The zero-order valence-electron chi connectivity index (χ0n) is 20.9. The standard InChI is InChI=1S/C28H38O8/c1-22-13-7-3-2-4-8-14-23(29)21-24(30)15-9-5-10-16-25(36-28(34)20-19-26(31)32)17-11-6-12-18-27(33)35-22/h2,4-6,9-12,16,18,22,24-25,30H,3,7-8,13-15,17,19-21H2,1H3,(H,31,32)/b4-2-,9-5?,11-6-,16-10?,18-12?/t22-,24+,25-/m1/s1. The molecule has 2 N–H and O–H groups in total. The van der Waals surface area contributed by atoms with Crippen molar-refractivity contribution in [2.24, 2.45) is 0 Å². The summed E-state index contributed by atoms with van der Waals surface area (Å²) in [5.74, 6) is -2.16. The fourth-order valence-electron chi connectivity index (χ4n) is 3.28. The fraction of sp³-hybridized carbons (Fsp3) is 0.500. The first kappa shape index (κ1) is 30.8. The lowest BCUT2D eigenvalue weighted by molar-refractivity contribution is -0.150. The molecule has 1 aliphatic heterocycles. The molecule has 1 heterocycles. The molecule has 36 heavy (non-hydrogen) atoms. The Morgan fingerprint density at radius 3 is 2.50 bits per heavy atom. The summed E-state index contributed by atoms with van der Waals surface area (Å²) in [5, 5.41) is 18.8. The summed E-state index contributed by atoms with van der Waals surface area (Å²) < 4.78 is 10.7. The minimum absolute atomic E-state index is 0.000683. The highest BCUT2D eigenvalue weighted by molar-refractivity contribution is 5.82. The predicted octanol–water partition coefficient (Wildman–Crippen LogP) is 4.54. The molecule has 0 fully saturated rings. The summed E-state index contributed by atoms with van der Waals surface area (Å²) in [7, 11) is 0. The fourth-order valence-corrected chi connectivity index (χ4v) is 3.28. The first-order valence-electron chi connectivity index (χ1n) is 12.4. The number of esters is 2. The van der Waals surface area contributed by atoms with E-state index in [1.54, 1.807) is 42.5 Å². The van der Waals surface area contributed by atoms with Crippen molar-refractivity contribution < 1.29 is 38.9 Å². The van der Waals surface area contributed by atoms with E-state index in [0.29, 0.717) is 25.7 Å². The topological polar surface area (TPSA) is 127 Å². The molecule has 198 valence electrons. The van der Waals surface area contributed by atoms with Gasteiger partial charge in [-0.1, -0.05) is 48.6 Å². The van der Waals surface area contributed by atoms with Gasteiger partial charge in [0.15, 0.2) is 0 Å². The van der Waals surface area contributed by atoms with E-state index in [9.17, 15) is 24.3 Å². The summed E-state index contributed by atoms with van der Waals surface area (Å²) in [6.07, 6.45) is 18.9. The van der Waals surface area contributed by atoms with Crippen molar-refractivity contribution in [3.8, 4) is 0 Å². The highest BCUT2D eigenvalue weighted by atomic mass is 16.5. The number of carboxylic acids is 1. The number of hydrogen-bond donors (Lipinski definition) is 2. The van der Waals surface area contributed by atoms with Crippen LogP contribution in [0.3, 0.4) is 0 Å². The highest BCUT2D eigenvalue weighted by Crippen LogP contribution is 2.10. The molecule has 3 atom stereocenters. The van der Waals surface area contributed by atoms with E-state index in [1.807, 2.05) is 19.1 Å². The van der Waals surface area contributed by atoms with Gasteiger partial charge in [0.25, 0.3) is 0 Å². The molecule has 0 unspecified atom stereocenters. The number of carbonyl (C=O) groups is 4. The lowest BCUT2D eigenvalue weighted by Crippen LogP contribution is -2.16. The summed E-state index contributed by atoms with van der Waals surface area (Å²) in [4.78, 5) is 46.6. The number of carbonyl (C=O) groups excluding carboxylic acids is 3. The Morgan fingerprint density at radius 1 is 1.00 bits per heavy atom. The lowest BCUT2D eigenvalue weighted by Gasteiger charge is -2.12. The van der Waals surface area contributed by atoms with E-state index in [1.165, 1.54) is 6.08 Å². The van der Waals surface area contributed by atoms with E-state index in [2.05, 4.69) is 0 Å². The zero-order valence-corrected chi connectivity index (χ0v) is 20.9. The number of cyclic esters (lactones) is 1. The van der Waals surface area contributed by atoms with Gasteiger partial charge in [-0.15, -0.1) is 0 Å². The summed E-state index contributed by atoms with van der Waals surface area (Å²) in [5.41, 5.74) is 0. The van der Waals surface area contributed by atoms with Crippen LogP contribution in [-0.4, -0.2) is 52.2 Å². The Kier molecular flexibility index (Phi) is 16.2. The average Bonchev–Trinajstić information content (AvgIpc) is 2.80. The molecular weight excluding hydrogens is 464 g/mol. The van der Waals surface area contributed by atoms with Gasteiger partial charge in [-0.05, 0) is 45.1 Å². The number of carboxylic acid groups (broad SMARTS) is 1. The molecule has 0 aliphatic carbocycles. The van der Waals surface area contributed by atoms with E-state index in [-0.39, 0.29) is 31.1 Å². The van der Waals surface area contributed by atoms with Crippen LogP contribution in [0.5, 0.6) is 0 Å². The molecule has 1 rings (SSSR count). The van der Waals surface area contributed by atoms with E-state index < -0.39 is 30.1 Å². The number of aliphatic hydroxyl groups is 1. The van der Waals surface area contributed by atoms with Gasteiger partial charge in [-0.25, -0.2) is 4.79 Å². The second-order valence-electron chi connectivity index (χ2n) is 8.58. The third-order valence-corrected chi connectivity index (χ3v) is 5.17. The molecule has 0 saturated heterocycles. The Balaban J connectivity index is 2.83. The van der Waals surface area contributed by atoms with Gasteiger partial charge in [0, 0.05) is 25.3 Å². The molecule has 0 spiro atoms. The van der Waals surface area contributed by atoms with Crippen LogP contribution in [0.15, 0.2) is 60.8 Å². The average molecular weight is 503 g/mol. The maximum Gasteiger partial charge on any atom is 0.331 e. The number of allylic oxidation sites excluding steroid dienone is 6. The van der Waals surface area contributed by atoms with Crippen molar-refractivity contribution in [2.45, 2.75) is 89.4 Å². The van der Waals surface area contributed by atoms with Crippen LogP contribution in [0.25, 0.3) is 0 Å². The quantitative estimate of drug-likeness (QED) is 0.424. The number of ether oxygens (including phenoxy) is 2. The number of Topliss-reactive ketones (excluding diaryl/α,β-unsaturated/α-hetero) is 1. The van der Waals surface area contributed by atoms with Crippen molar-refractivity contribution in [1.29, 1.82) is 0 Å². The van der Waals surface area contributed by atoms with Crippen molar-refractivity contribution >= 4 is 23.7 Å². The van der Waals surface area contributed by atoms with Crippen LogP contribution in [0.1, 0.15) is 71.1 Å². The number of aliphatic hydroxyl groups excluding tert-OH is 1. The molecule has 0 aromatic carbocycles. The Labute approximate surface area is 213 Å². The lowest BCUT2D eigenvalue weighted by atomic mass is 10.1. The number of hydrogen-bond acceptors (Lipinski definition) is 7. The third-order valence-electron chi connectivity index (χ3n) is 5.17. The van der Waals surface area contributed by atoms with Crippen LogP contribution >= 0.6 is 0 Å². The molecule has 0 bridgehead atoms. The van der Waals surface area contributed by atoms with Crippen LogP contribution < -0.4 is 0 Å². The SMILES string of the molecule is C[C@@H]1CCC/C=C\CCC(=O)C[C@@H](O)CC=CC=C[C@@H](OC(=O)CCC(=O)O)C/C=C\C=CC(=O)O1. The second kappa shape index (κ2) is 19.0. The van der Waals surface area contributed by atoms with Gasteiger partial charge < -0.3 is 19.7 Å². The number of ketones is 1. The molecular formula is C28H38O8. The van der Waals surface area contributed by atoms with Crippen LogP contribution in [0.2, 0.25) is 0 Å². The maximum atomic E-state index is 12.0. The minimum Gasteiger partial charge on any atom is -0.481 e. The molecule has 0 radical (unpaired) electrons. The first-order valence-corrected chi connectivity index (χ1v) is 12.4. The molecule has 8 heteroatoms.